The average molecular weight is 355 g/mol. The maximum absolute atomic E-state index is 12.8. The van der Waals surface area contributed by atoms with Gasteiger partial charge in [0.1, 0.15) is 0 Å². The van der Waals surface area contributed by atoms with Crippen LogP contribution in [0.25, 0.3) is 5.69 Å². The third-order valence-electron chi connectivity index (χ3n) is 4.34. The van der Waals surface area contributed by atoms with Crippen LogP contribution in [0.3, 0.4) is 0 Å². The Morgan fingerprint density at radius 1 is 1.35 bits per heavy atom. The minimum absolute atomic E-state index is 0.0970. The molecule has 0 atom stereocenters. The summed E-state index contributed by atoms with van der Waals surface area (Å²) in [6.45, 7) is 3.35. The Bertz CT molecular complexity index is 855. The number of amides is 1. The van der Waals surface area contributed by atoms with E-state index in [2.05, 4.69) is 15.6 Å². The number of likely N-dealkylation sites (N-methyl/N-ethyl adjacent to an activating group) is 1. The molecule has 2 N–H and O–H groups in total. The van der Waals surface area contributed by atoms with Gasteiger partial charge in [-0.25, -0.2) is 4.98 Å². The van der Waals surface area contributed by atoms with Gasteiger partial charge in [0, 0.05) is 37.1 Å². The summed E-state index contributed by atoms with van der Waals surface area (Å²) in [4.78, 5) is 31.3. The van der Waals surface area contributed by atoms with Crippen LogP contribution in [0.15, 0.2) is 35.4 Å². The second-order valence-corrected chi connectivity index (χ2v) is 6.93. The summed E-state index contributed by atoms with van der Waals surface area (Å²) in [6, 6.07) is 5.71. The molecule has 7 nitrogen and oxygen atoms in total. The number of carbonyl (C=O) groups excluding carboxylic acids is 1. The van der Waals surface area contributed by atoms with Crippen molar-refractivity contribution in [3.8, 4) is 5.69 Å². The summed E-state index contributed by atoms with van der Waals surface area (Å²) in [5.74, 6) is 0.210. The molecule has 0 saturated heterocycles. The van der Waals surface area contributed by atoms with Crippen LogP contribution in [0.2, 0.25) is 0 Å². The van der Waals surface area contributed by atoms with E-state index in [1.54, 1.807) is 24.5 Å². The number of hydrogen-bond donors (Lipinski definition) is 2. The number of nitrogens with one attached hydrogen (secondary N) is 2. The van der Waals surface area contributed by atoms with Gasteiger partial charge in [0.2, 0.25) is 0 Å². The summed E-state index contributed by atoms with van der Waals surface area (Å²) in [7, 11) is 3.94. The van der Waals surface area contributed by atoms with Crippen LogP contribution in [0.1, 0.15) is 28.8 Å². The van der Waals surface area contributed by atoms with Gasteiger partial charge in [-0.2, -0.15) is 0 Å². The fourth-order valence-corrected chi connectivity index (χ4v) is 2.63. The fraction of sp³-hybridized carbons (Fsp3) is 0.421. The van der Waals surface area contributed by atoms with Crippen LogP contribution in [0.5, 0.6) is 0 Å². The molecule has 1 heterocycles. The van der Waals surface area contributed by atoms with E-state index >= 15 is 0 Å². The maximum atomic E-state index is 12.8. The topological polar surface area (TPSA) is 79.3 Å². The monoisotopic (exact) mass is 355 g/mol. The van der Waals surface area contributed by atoms with Crippen molar-refractivity contribution in [1.82, 2.24) is 19.8 Å². The van der Waals surface area contributed by atoms with E-state index < -0.39 is 0 Å². The Kier molecular flexibility index (Phi) is 5.37. The second kappa shape index (κ2) is 7.70. The maximum Gasteiger partial charge on any atom is 0.297 e. The summed E-state index contributed by atoms with van der Waals surface area (Å²) in [5.41, 5.74) is 1.94. The Morgan fingerprint density at radius 3 is 2.81 bits per heavy atom. The van der Waals surface area contributed by atoms with E-state index in [0.717, 1.165) is 24.9 Å². The first-order valence-corrected chi connectivity index (χ1v) is 8.84. The minimum Gasteiger partial charge on any atom is -0.364 e. The highest BCUT2D eigenvalue weighted by Crippen LogP contribution is 2.20. The Hall–Kier alpha value is -2.67. The molecule has 1 saturated carbocycles. The Morgan fingerprint density at radius 2 is 2.12 bits per heavy atom. The van der Waals surface area contributed by atoms with Crippen molar-refractivity contribution in [3.05, 3.63) is 52.1 Å². The first-order chi connectivity index (χ1) is 12.5. The molecule has 1 aliphatic rings. The molecule has 138 valence electrons. The number of aryl methyl sites for hydroxylation is 1. The number of aromatic nitrogens is 2. The number of rotatable bonds is 7. The smallest absolute Gasteiger partial charge is 0.297 e. The Balaban J connectivity index is 1.88. The molecule has 26 heavy (non-hydrogen) atoms. The third kappa shape index (κ3) is 4.29. The second-order valence-electron chi connectivity index (χ2n) is 6.93. The predicted molar refractivity (Wildman–Crippen MR) is 102 cm³/mol. The van der Waals surface area contributed by atoms with E-state index in [4.69, 9.17) is 0 Å². The number of hydrogen-bond acceptors (Lipinski definition) is 5. The van der Waals surface area contributed by atoms with Gasteiger partial charge in [-0.05, 0) is 51.6 Å². The first kappa shape index (κ1) is 18.1. The molecule has 2 aromatic rings. The van der Waals surface area contributed by atoms with Gasteiger partial charge in [-0.3, -0.25) is 14.2 Å². The number of benzene rings is 1. The van der Waals surface area contributed by atoms with Crippen molar-refractivity contribution >= 4 is 11.7 Å². The molecule has 3 rings (SSSR count). The SMILES string of the molecule is Cc1ccc(C(=O)NC2CC2)cc1-n1ccnc(NCCN(C)C)c1=O. The molecule has 7 heteroatoms. The molecular formula is C19H25N5O2. The van der Waals surface area contributed by atoms with Crippen molar-refractivity contribution in [2.45, 2.75) is 25.8 Å². The lowest BCUT2D eigenvalue weighted by molar-refractivity contribution is 0.0951. The highest BCUT2D eigenvalue weighted by molar-refractivity contribution is 5.95. The lowest BCUT2D eigenvalue weighted by atomic mass is 10.1. The molecule has 0 radical (unpaired) electrons. The van der Waals surface area contributed by atoms with Gasteiger partial charge in [-0.15, -0.1) is 0 Å². The lowest BCUT2D eigenvalue weighted by Crippen LogP contribution is -2.28. The summed E-state index contributed by atoms with van der Waals surface area (Å²) < 4.78 is 1.54. The summed E-state index contributed by atoms with van der Waals surface area (Å²) in [6.07, 6.45) is 5.30. The highest BCUT2D eigenvalue weighted by Gasteiger charge is 2.24. The van der Waals surface area contributed by atoms with Crippen molar-refractivity contribution < 1.29 is 4.79 Å². The van der Waals surface area contributed by atoms with Gasteiger partial charge < -0.3 is 15.5 Å². The zero-order valence-corrected chi connectivity index (χ0v) is 15.5. The van der Waals surface area contributed by atoms with Crippen molar-refractivity contribution in [2.75, 3.05) is 32.5 Å². The van der Waals surface area contributed by atoms with Crippen LogP contribution in [0, 0.1) is 6.92 Å². The molecule has 1 fully saturated rings. The van der Waals surface area contributed by atoms with Gasteiger partial charge >= 0.3 is 0 Å². The van der Waals surface area contributed by atoms with Crippen molar-refractivity contribution in [1.29, 1.82) is 0 Å². The minimum atomic E-state index is -0.228. The fourth-order valence-electron chi connectivity index (χ4n) is 2.63. The summed E-state index contributed by atoms with van der Waals surface area (Å²) >= 11 is 0. The van der Waals surface area contributed by atoms with E-state index in [9.17, 15) is 9.59 Å². The molecule has 1 amide bonds. The third-order valence-corrected chi connectivity index (χ3v) is 4.34. The number of nitrogens with zero attached hydrogens (tertiary/aromatic N) is 3. The predicted octanol–water partition coefficient (Wildman–Crippen LogP) is 1.41. The van der Waals surface area contributed by atoms with E-state index in [-0.39, 0.29) is 11.5 Å². The Labute approximate surface area is 153 Å². The van der Waals surface area contributed by atoms with Gasteiger partial charge in [0.25, 0.3) is 11.5 Å². The quantitative estimate of drug-likeness (QED) is 0.785. The first-order valence-electron chi connectivity index (χ1n) is 8.84. The van der Waals surface area contributed by atoms with Crippen molar-refractivity contribution in [3.63, 3.8) is 0 Å². The van der Waals surface area contributed by atoms with E-state index in [1.807, 2.05) is 32.0 Å². The molecule has 0 spiro atoms. The number of carbonyl (C=O) groups is 1. The number of anilines is 1. The normalized spacial score (nSPS) is 13.7. The molecule has 0 bridgehead atoms. The standard InChI is InChI=1S/C19H25N5O2/c1-13-4-5-14(18(25)22-15-6-7-15)12-16(13)24-11-9-21-17(19(24)26)20-8-10-23(2)3/h4-5,9,11-12,15H,6-8,10H2,1-3H3,(H,20,21)(H,22,25). The van der Waals surface area contributed by atoms with E-state index in [1.165, 1.54) is 4.57 Å². The van der Waals surface area contributed by atoms with E-state index in [0.29, 0.717) is 29.7 Å². The van der Waals surface area contributed by atoms with Crippen LogP contribution in [0.4, 0.5) is 5.82 Å². The van der Waals surface area contributed by atoms with Crippen LogP contribution < -0.4 is 16.2 Å². The lowest BCUT2D eigenvalue weighted by Gasteiger charge is -2.14. The zero-order valence-electron chi connectivity index (χ0n) is 15.5. The molecule has 1 aromatic carbocycles. The van der Waals surface area contributed by atoms with Crippen molar-refractivity contribution in [2.24, 2.45) is 0 Å². The molecule has 1 aliphatic carbocycles. The zero-order chi connectivity index (χ0) is 18.7. The average Bonchev–Trinajstić information content (AvgIpc) is 3.41. The molecule has 0 unspecified atom stereocenters. The van der Waals surface area contributed by atoms with Gasteiger partial charge in [0.05, 0.1) is 5.69 Å². The van der Waals surface area contributed by atoms with Crippen LogP contribution in [-0.2, 0) is 0 Å². The highest BCUT2D eigenvalue weighted by atomic mass is 16.2. The molecule has 1 aromatic heterocycles. The van der Waals surface area contributed by atoms with Gasteiger partial charge in [-0.1, -0.05) is 6.07 Å². The van der Waals surface area contributed by atoms with Gasteiger partial charge in [0.15, 0.2) is 5.82 Å². The molecular weight excluding hydrogens is 330 g/mol. The molecule has 0 aliphatic heterocycles. The summed E-state index contributed by atoms with van der Waals surface area (Å²) in [5, 5.41) is 6.06. The largest absolute Gasteiger partial charge is 0.364 e. The van der Waals surface area contributed by atoms with Crippen LogP contribution in [-0.4, -0.2) is 53.6 Å². The van der Waals surface area contributed by atoms with Crippen LogP contribution >= 0.6 is 0 Å².